The molecular weight excluding hydrogens is 180 g/mol. The van der Waals surface area contributed by atoms with E-state index in [4.69, 9.17) is 5.11 Å². The fraction of sp³-hybridized carbons (Fsp3) is 0.900. The van der Waals surface area contributed by atoms with Gasteiger partial charge in [0, 0.05) is 12.6 Å². The highest BCUT2D eigenvalue weighted by Gasteiger charge is 2.14. The Morgan fingerprint density at radius 1 is 1.29 bits per heavy atom. The number of hydrogen-bond acceptors (Lipinski definition) is 3. The summed E-state index contributed by atoms with van der Waals surface area (Å²) in [6.07, 6.45) is 6.00. The lowest BCUT2D eigenvalue weighted by Gasteiger charge is -2.22. The Balaban J connectivity index is 2.06. The molecule has 1 aliphatic rings. The molecule has 0 spiro atoms. The number of aliphatic hydroxyl groups is 1. The van der Waals surface area contributed by atoms with Crippen LogP contribution in [0.5, 0.6) is 0 Å². The second kappa shape index (κ2) is 6.79. The molecule has 1 rings (SSSR count). The average Bonchev–Trinajstić information content (AvgIpc) is 2.20. The lowest BCUT2D eigenvalue weighted by molar-refractivity contribution is -0.121. The Morgan fingerprint density at radius 2 is 2.00 bits per heavy atom. The van der Waals surface area contributed by atoms with E-state index in [9.17, 15) is 4.79 Å². The maximum absolute atomic E-state index is 11.3. The Labute approximate surface area is 85.1 Å². The molecule has 1 fully saturated rings. The van der Waals surface area contributed by atoms with Gasteiger partial charge < -0.3 is 15.7 Å². The molecule has 4 heteroatoms. The molecule has 0 unspecified atom stereocenters. The predicted octanol–water partition coefficient (Wildman–Crippen LogP) is 0.0172. The minimum atomic E-state index is 0.0466. The van der Waals surface area contributed by atoms with Crippen molar-refractivity contribution < 1.29 is 9.90 Å². The van der Waals surface area contributed by atoms with Crippen LogP contribution in [-0.2, 0) is 4.79 Å². The van der Waals surface area contributed by atoms with E-state index in [1.165, 1.54) is 19.3 Å². The van der Waals surface area contributed by atoms with Crippen molar-refractivity contribution in [1.29, 1.82) is 0 Å². The van der Waals surface area contributed by atoms with Crippen LogP contribution in [-0.4, -0.2) is 36.8 Å². The van der Waals surface area contributed by atoms with Crippen LogP contribution in [0.1, 0.15) is 32.1 Å². The zero-order valence-corrected chi connectivity index (χ0v) is 8.59. The first kappa shape index (κ1) is 11.5. The van der Waals surface area contributed by atoms with Gasteiger partial charge in [0.25, 0.3) is 0 Å². The van der Waals surface area contributed by atoms with Crippen molar-refractivity contribution in [3.05, 3.63) is 0 Å². The smallest absolute Gasteiger partial charge is 0.234 e. The van der Waals surface area contributed by atoms with Gasteiger partial charge in [0.05, 0.1) is 13.2 Å². The standard InChI is InChI=1S/C10H20N2O2/c13-7-6-11-8-10(14)12-9-4-2-1-3-5-9/h9,11,13H,1-8H2,(H,12,14). The number of nitrogens with one attached hydrogen (secondary N) is 2. The lowest BCUT2D eigenvalue weighted by atomic mass is 9.95. The highest BCUT2D eigenvalue weighted by molar-refractivity contribution is 5.78. The molecule has 0 bridgehead atoms. The molecule has 0 aromatic carbocycles. The van der Waals surface area contributed by atoms with Crippen LogP contribution in [0.4, 0.5) is 0 Å². The van der Waals surface area contributed by atoms with Gasteiger partial charge in [-0.1, -0.05) is 19.3 Å². The maximum Gasteiger partial charge on any atom is 0.234 e. The maximum atomic E-state index is 11.3. The van der Waals surface area contributed by atoms with E-state index in [0.717, 1.165) is 12.8 Å². The fourth-order valence-electron chi connectivity index (χ4n) is 1.81. The van der Waals surface area contributed by atoms with Crippen molar-refractivity contribution in [3.8, 4) is 0 Å². The third kappa shape index (κ3) is 4.58. The first-order chi connectivity index (χ1) is 6.83. The van der Waals surface area contributed by atoms with Crippen LogP contribution >= 0.6 is 0 Å². The SMILES string of the molecule is O=C(CNCCO)NC1CCCCC1. The molecule has 0 heterocycles. The number of hydrogen-bond donors (Lipinski definition) is 3. The third-order valence-electron chi connectivity index (χ3n) is 2.54. The van der Waals surface area contributed by atoms with Gasteiger partial charge in [-0.25, -0.2) is 0 Å². The van der Waals surface area contributed by atoms with E-state index in [0.29, 0.717) is 19.1 Å². The third-order valence-corrected chi connectivity index (χ3v) is 2.54. The molecule has 1 saturated carbocycles. The van der Waals surface area contributed by atoms with Gasteiger partial charge in [-0.2, -0.15) is 0 Å². The van der Waals surface area contributed by atoms with E-state index in [1.807, 2.05) is 0 Å². The van der Waals surface area contributed by atoms with Gasteiger partial charge >= 0.3 is 0 Å². The van der Waals surface area contributed by atoms with Crippen molar-refractivity contribution in [3.63, 3.8) is 0 Å². The normalized spacial score (nSPS) is 18.1. The highest BCUT2D eigenvalue weighted by atomic mass is 16.3. The summed E-state index contributed by atoms with van der Waals surface area (Å²) in [5, 5.41) is 14.4. The van der Waals surface area contributed by atoms with E-state index in [-0.39, 0.29) is 12.5 Å². The number of carbonyl (C=O) groups is 1. The molecule has 1 aliphatic carbocycles. The van der Waals surface area contributed by atoms with E-state index >= 15 is 0 Å². The van der Waals surface area contributed by atoms with Crippen LogP contribution in [0.25, 0.3) is 0 Å². The molecule has 0 atom stereocenters. The number of rotatable bonds is 5. The molecule has 0 saturated heterocycles. The van der Waals surface area contributed by atoms with Crippen LogP contribution in [0, 0.1) is 0 Å². The summed E-state index contributed by atoms with van der Waals surface area (Å²) in [4.78, 5) is 11.3. The van der Waals surface area contributed by atoms with Crippen LogP contribution in [0.15, 0.2) is 0 Å². The molecule has 4 nitrogen and oxygen atoms in total. The fourth-order valence-corrected chi connectivity index (χ4v) is 1.81. The second-order valence-electron chi connectivity index (χ2n) is 3.80. The van der Waals surface area contributed by atoms with Crippen molar-refractivity contribution in [2.75, 3.05) is 19.7 Å². The van der Waals surface area contributed by atoms with Gasteiger partial charge in [-0.15, -0.1) is 0 Å². The molecule has 0 aromatic heterocycles. The summed E-state index contributed by atoms with van der Waals surface area (Å²) in [7, 11) is 0. The molecule has 0 radical (unpaired) electrons. The van der Waals surface area contributed by atoms with Gasteiger partial charge in [0.2, 0.25) is 5.91 Å². The Hall–Kier alpha value is -0.610. The summed E-state index contributed by atoms with van der Waals surface area (Å²) in [5.41, 5.74) is 0. The highest BCUT2D eigenvalue weighted by Crippen LogP contribution is 2.16. The van der Waals surface area contributed by atoms with Crippen molar-refractivity contribution in [2.24, 2.45) is 0 Å². The summed E-state index contributed by atoms with van der Waals surface area (Å²) in [6, 6.07) is 0.382. The Kier molecular flexibility index (Phi) is 5.56. The zero-order chi connectivity index (χ0) is 10.2. The van der Waals surface area contributed by atoms with Gasteiger partial charge in [-0.05, 0) is 12.8 Å². The lowest BCUT2D eigenvalue weighted by Crippen LogP contribution is -2.41. The van der Waals surface area contributed by atoms with Crippen LogP contribution in [0.2, 0.25) is 0 Å². The van der Waals surface area contributed by atoms with Crippen molar-refractivity contribution in [2.45, 2.75) is 38.1 Å². The molecule has 0 aromatic rings. The monoisotopic (exact) mass is 200 g/mol. The molecule has 0 aliphatic heterocycles. The first-order valence-electron chi connectivity index (χ1n) is 5.44. The number of carbonyl (C=O) groups excluding carboxylic acids is 1. The first-order valence-corrected chi connectivity index (χ1v) is 5.44. The van der Waals surface area contributed by atoms with E-state index in [2.05, 4.69) is 10.6 Å². The van der Waals surface area contributed by atoms with E-state index in [1.54, 1.807) is 0 Å². The summed E-state index contributed by atoms with van der Waals surface area (Å²) in [5.74, 6) is 0.0466. The number of aliphatic hydroxyl groups excluding tert-OH is 1. The van der Waals surface area contributed by atoms with Crippen molar-refractivity contribution in [1.82, 2.24) is 10.6 Å². The summed E-state index contributed by atoms with van der Waals surface area (Å²) >= 11 is 0. The zero-order valence-electron chi connectivity index (χ0n) is 8.59. The number of amides is 1. The summed E-state index contributed by atoms with van der Waals surface area (Å²) in [6.45, 7) is 0.881. The molecule has 14 heavy (non-hydrogen) atoms. The molecule has 1 amide bonds. The van der Waals surface area contributed by atoms with Crippen LogP contribution < -0.4 is 10.6 Å². The quantitative estimate of drug-likeness (QED) is 0.548. The summed E-state index contributed by atoms with van der Waals surface area (Å²) < 4.78 is 0. The van der Waals surface area contributed by atoms with Crippen LogP contribution in [0.3, 0.4) is 0 Å². The average molecular weight is 200 g/mol. The van der Waals surface area contributed by atoms with E-state index < -0.39 is 0 Å². The molecule has 3 N–H and O–H groups in total. The Bertz CT molecular complexity index is 168. The molecule has 82 valence electrons. The minimum Gasteiger partial charge on any atom is -0.395 e. The Morgan fingerprint density at radius 3 is 2.64 bits per heavy atom. The predicted molar refractivity (Wildman–Crippen MR) is 55.0 cm³/mol. The topological polar surface area (TPSA) is 61.4 Å². The molecular formula is C10H20N2O2. The van der Waals surface area contributed by atoms with Gasteiger partial charge in [-0.3, -0.25) is 4.79 Å². The van der Waals surface area contributed by atoms with Gasteiger partial charge in [0.15, 0.2) is 0 Å². The van der Waals surface area contributed by atoms with Gasteiger partial charge in [0.1, 0.15) is 0 Å². The largest absolute Gasteiger partial charge is 0.395 e. The second-order valence-corrected chi connectivity index (χ2v) is 3.80. The minimum absolute atomic E-state index is 0.0466. The van der Waals surface area contributed by atoms with Crippen molar-refractivity contribution >= 4 is 5.91 Å².